The molecule has 9 heteroatoms. The van der Waals surface area contributed by atoms with Crippen molar-refractivity contribution in [2.24, 2.45) is 0 Å². The number of hydrogen-bond acceptors (Lipinski definition) is 5. The molecule has 3 rings (SSSR count). The van der Waals surface area contributed by atoms with Crippen LogP contribution in [0.5, 0.6) is 5.75 Å². The van der Waals surface area contributed by atoms with Gasteiger partial charge in [-0.25, -0.2) is 8.42 Å². The van der Waals surface area contributed by atoms with Crippen LogP contribution in [0.1, 0.15) is 38.3 Å². The molecule has 0 heterocycles. The number of likely N-dealkylation sites (N-methyl/N-ethyl adjacent to an activating group) is 1. The van der Waals surface area contributed by atoms with Gasteiger partial charge in [0.2, 0.25) is 11.8 Å². The Bertz CT molecular complexity index is 1340. The number of benzene rings is 3. The molecule has 0 aromatic heterocycles. The second-order valence-electron chi connectivity index (χ2n) is 9.39. The number of nitrogens with one attached hydrogen (secondary N) is 1. The summed E-state index contributed by atoms with van der Waals surface area (Å²) < 4.78 is 34.5. The summed E-state index contributed by atoms with van der Waals surface area (Å²) in [6.45, 7) is 8.12. The molecule has 0 radical (unpaired) electrons. The number of sulfonamides is 1. The maximum Gasteiger partial charge on any atom is 0.264 e. The summed E-state index contributed by atoms with van der Waals surface area (Å²) in [5, 5.41) is 2.82. The molecule has 0 spiro atoms. The van der Waals surface area contributed by atoms with Gasteiger partial charge in [0.05, 0.1) is 17.2 Å². The summed E-state index contributed by atoms with van der Waals surface area (Å²) in [6.07, 6.45) is 0.918. The zero-order valence-electron chi connectivity index (χ0n) is 23.7. The summed E-state index contributed by atoms with van der Waals surface area (Å²) >= 11 is 0. The van der Waals surface area contributed by atoms with Crippen molar-refractivity contribution in [2.75, 3.05) is 30.5 Å². The minimum atomic E-state index is -4.13. The maximum absolute atomic E-state index is 14.0. The molecule has 0 aliphatic carbocycles. The maximum atomic E-state index is 14.0. The predicted octanol–water partition coefficient (Wildman–Crippen LogP) is 4.58. The van der Waals surface area contributed by atoms with Crippen LogP contribution >= 0.6 is 0 Å². The van der Waals surface area contributed by atoms with Crippen molar-refractivity contribution < 1.29 is 22.7 Å². The Hall–Kier alpha value is -3.85. The van der Waals surface area contributed by atoms with E-state index in [1.165, 1.54) is 17.0 Å². The van der Waals surface area contributed by atoms with E-state index in [0.29, 0.717) is 37.4 Å². The molecule has 0 saturated heterocycles. The average Bonchev–Trinajstić information content (AvgIpc) is 2.95. The summed E-state index contributed by atoms with van der Waals surface area (Å²) in [6, 6.07) is 22.1. The molecule has 3 aromatic carbocycles. The number of anilines is 1. The van der Waals surface area contributed by atoms with Crippen LogP contribution in [0.4, 0.5) is 5.69 Å². The van der Waals surface area contributed by atoms with E-state index < -0.39 is 28.5 Å². The first-order valence-electron chi connectivity index (χ1n) is 13.6. The third kappa shape index (κ3) is 7.85. The van der Waals surface area contributed by atoms with Crippen LogP contribution in [-0.2, 0) is 26.0 Å². The average molecular weight is 566 g/mol. The van der Waals surface area contributed by atoms with E-state index in [-0.39, 0.29) is 17.3 Å². The van der Waals surface area contributed by atoms with Crippen molar-refractivity contribution in [3.05, 3.63) is 90.0 Å². The largest absolute Gasteiger partial charge is 0.494 e. The van der Waals surface area contributed by atoms with Crippen molar-refractivity contribution in [3.8, 4) is 5.75 Å². The Morgan fingerprint density at radius 3 is 2.12 bits per heavy atom. The van der Waals surface area contributed by atoms with Gasteiger partial charge in [-0.3, -0.25) is 13.9 Å². The minimum absolute atomic E-state index is 0.0379. The van der Waals surface area contributed by atoms with Gasteiger partial charge < -0.3 is 15.0 Å². The van der Waals surface area contributed by atoms with Crippen LogP contribution in [0.15, 0.2) is 83.8 Å². The Morgan fingerprint density at radius 1 is 0.900 bits per heavy atom. The fourth-order valence-corrected chi connectivity index (χ4v) is 5.84. The lowest BCUT2D eigenvalue weighted by molar-refractivity contribution is -0.139. The fraction of sp³-hybridized carbons (Fsp3) is 0.355. The number of aryl methyl sites for hydroxylation is 1. The molecule has 3 aromatic rings. The number of amides is 2. The van der Waals surface area contributed by atoms with Gasteiger partial charge in [0, 0.05) is 13.1 Å². The quantitative estimate of drug-likeness (QED) is 0.309. The van der Waals surface area contributed by atoms with Gasteiger partial charge in [-0.15, -0.1) is 0 Å². The molecule has 8 nitrogen and oxygen atoms in total. The fourth-order valence-electron chi connectivity index (χ4n) is 4.43. The topological polar surface area (TPSA) is 96.0 Å². The molecule has 0 bridgehead atoms. The molecule has 2 amide bonds. The van der Waals surface area contributed by atoms with Crippen LogP contribution in [0.3, 0.4) is 0 Å². The summed E-state index contributed by atoms with van der Waals surface area (Å²) in [7, 11) is -4.13. The summed E-state index contributed by atoms with van der Waals surface area (Å²) in [4.78, 5) is 28.5. The van der Waals surface area contributed by atoms with E-state index in [2.05, 4.69) is 5.32 Å². The van der Waals surface area contributed by atoms with Gasteiger partial charge in [0.15, 0.2) is 0 Å². The van der Waals surface area contributed by atoms with E-state index >= 15 is 0 Å². The first kappa shape index (κ1) is 30.7. The molecular weight excluding hydrogens is 526 g/mol. The summed E-state index contributed by atoms with van der Waals surface area (Å²) in [5.41, 5.74) is 2.34. The molecule has 0 saturated carbocycles. The smallest absolute Gasteiger partial charge is 0.264 e. The Morgan fingerprint density at radius 2 is 1.55 bits per heavy atom. The lowest BCUT2D eigenvalue weighted by Crippen LogP contribution is -2.53. The predicted molar refractivity (Wildman–Crippen MR) is 158 cm³/mol. The first-order chi connectivity index (χ1) is 19.2. The Balaban J connectivity index is 1.99. The molecule has 1 N–H and O–H groups in total. The van der Waals surface area contributed by atoms with Crippen LogP contribution in [0, 0.1) is 6.92 Å². The lowest BCUT2D eigenvalue weighted by Gasteiger charge is -2.33. The van der Waals surface area contributed by atoms with E-state index in [0.717, 1.165) is 15.4 Å². The second-order valence-corrected chi connectivity index (χ2v) is 11.3. The van der Waals surface area contributed by atoms with Crippen LogP contribution in [0.2, 0.25) is 0 Å². The standard InChI is InChI=1S/C31H39N3O5S/c1-5-29(31(36)32-6-2)33(22-21-25-11-9-8-10-12-25)30(35)23-34(26-15-13-24(4)14-16-26)40(37,38)28-19-17-27(18-20-28)39-7-3/h8-20,29H,5-7,21-23H2,1-4H3,(H,32,36)/t29-/m1/s1. The summed E-state index contributed by atoms with van der Waals surface area (Å²) in [5.74, 6) is -0.161. The molecule has 0 aliphatic heterocycles. The van der Waals surface area contributed by atoms with E-state index in [1.807, 2.05) is 58.0 Å². The van der Waals surface area contributed by atoms with Crippen LogP contribution < -0.4 is 14.4 Å². The highest BCUT2D eigenvalue weighted by atomic mass is 32.2. The van der Waals surface area contributed by atoms with Gasteiger partial charge in [-0.05, 0) is 75.6 Å². The number of carbonyl (C=O) groups is 2. The monoisotopic (exact) mass is 565 g/mol. The Kier molecular flexibility index (Phi) is 11.1. The molecule has 0 aliphatic rings. The lowest BCUT2D eigenvalue weighted by atomic mass is 10.1. The number of nitrogens with zero attached hydrogens (tertiary/aromatic N) is 2. The van der Waals surface area contributed by atoms with Gasteiger partial charge in [0.25, 0.3) is 10.0 Å². The first-order valence-corrected chi connectivity index (χ1v) is 15.1. The van der Waals surface area contributed by atoms with Gasteiger partial charge in [0.1, 0.15) is 18.3 Å². The molecule has 214 valence electrons. The molecule has 1 atom stereocenters. The number of rotatable bonds is 14. The Labute approximate surface area is 238 Å². The molecule has 40 heavy (non-hydrogen) atoms. The molecule has 0 unspecified atom stereocenters. The third-order valence-electron chi connectivity index (χ3n) is 6.54. The molecule has 0 fully saturated rings. The van der Waals surface area contributed by atoms with Crippen molar-refractivity contribution in [2.45, 2.75) is 51.5 Å². The number of ether oxygens (including phenoxy) is 1. The van der Waals surface area contributed by atoms with Gasteiger partial charge in [-0.2, -0.15) is 0 Å². The molecular formula is C31H39N3O5S. The zero-order chi connectivity index (χ0) is 29.1. The zero-order valence-corrected chi connectivity index (χ0v) is 24.5. The van der Waals surface area contributed by atoms with E-state index in [4.69, 9.17) is 4.74 Å². The van der Waals surface area contributed by atoms with Gasteiger partial charge in [-0.1, -0.05) is 55.0 Å². The van der Waals surface area contributed by atoms with Gasteiger partial charge >= 0.3 is 0 Å². The van der Waals surface area contributed by atoms with Crippen molar-refractivity contribution in [1.82, 2.24) is 10.2 Å². The van der Waals surface area contributed by atoms with Crippen LogP contribution in [-0.4, -0.2) is 57.4 Å². The van der Waals surface area contributed by atoms with Crippen LogP contribution in [0.25, 0.3) is 0 Å². The third-order valence-corrected chi connectivity index (χ3v) is 8.33. The van der Waals surface area contributed by atoms with E-state index in [9.17, 15) is 18.0 Å². The highest BCUT2D eigenvalue weighted by Gasteiger charge is 2.33. The SMILES string of the molecule is CCNC(=O)[C@@H](CC)N(CCc1ccccc1)C(=O)CN(c1ccc(C)cc1)S(=O)(=O)c1ccc(OCC)cc1. The van der Waals surface area contributed by atoms with Crippen molar-refractivity contribution >= 4 is 27.5 Å². The highest BCUT2D eigenvalue weighted by molar-refractivity contribution is 7.92. The van der Waals surface area contributed by atoms with Crippen molar-refractivity contribution in [3.63, 3.8) is 0 Å². The second kappa shape index (κ2) is 14.5. The number of hydrogen-bond donors (Lipinski definition) is 1. The normalized spacial score (nSPS) is 11.9. The number of carbonyl (C=O) groups excluding carboxylic acids is 2. The van der Waals surface area contributed by atoms with Crippen molar-refractivity contribution in [1.29, 1.82) is 0 Å². The highest BCUT2D eigenvalue weighted by Crippen LogP contribution is 2.26. The minimum Gasteiger partial charge on any atom is -0.494 e. The van der Waals surface area contributed by atoms with E-state index in [1.54, 1.807) is 36.4 Å².